The van der Waals surface area contributed by atoms with Gasteiger partial charge in [0.25, 0.3) is 0 Å². The molecular weight excluding hydrogens is 364 g/mol. The first-order valence-corrected chi connectivity index (χ1v) is 4.67. The van der Waals surface area contributed by atoms with Gasteiger partial charge >= 0.3 is 11.9 Å². The van der Waals surface area contributed by atoms with Crippen LogP contribution in [0.1, 0.15) is 6.92 Å². The van der Waals surface area contributed by atoms with Gasteiger partial charge in [-0.25, -0.2) is 4.79 Å². The molecule has 0 bridgehead atoms. The smallest absolute Gasteiger partial charge is 0.289 e. The number of hydrogen-bond donors (Lipinski definition) is 0. The van der Waals surface area contributed by atoms with Gasteiger partial charge in [0.2, 0.25) is 5.78 Å². The molecule has 0 aromatic carbocycles. The molecule has 0 fully saturated rings. The summed E-state index contributed by atoms with van der Waals surface area (Å²) in [6.45, 7) is 1.07. The Labute approximate surface area is 94.1 Å². The lowest BCUT2D eigenvalue weighted by atomic mass is 10.4. The molecule has 0 heterocycles. The lowest BCUT2D eigenvalue weighted by Gasteiger charge is -2.12. The van der Waals surface area contributed by atoms with E-state index in [2.05, 4.69) is 48.4 Å². The largest absolute Gasteiger partial charge is 0.357 e. The molecule has 0 rings (SSSR count). The summed E-state index contributed by atoms with van der Waals surface area (Å²) in [5.74, 6) is -1.68. The van der Waals surface area contributed by atoms with Crippen LogP contribution in [0.4, 0.5) is 4.79 Å². The fourth-order valence-electron chi connectivity index (χ4n) is 0.291. The van der Waals surface area contributed by atoms with Crippen LogP contribution in [0.5, 0.6) is 0 Å². The van der Waals surface area contributed by atoms with Gasteiger partial charge in [-0.3, -0.25) is 9.59 Å². The third kappa shape index (κ3) is 3.20. The molecule has 0 aromatic rings. The lowest BCUT2D eigenvalue weighted by molar-refractivity contribution is -0.138. The monoisotopic (exact) mass is 364 g/mol. The van der Waals surface area contributed by atoms with Crippen LogP contribution in [0.15, 0.2) is 0 Å². The van der Waals surface area contributed by atoms with Crippen LogP contribution in [0.25, 0.3) is 0 Å². The lowest BCUT2D eigenvalue weighted by Crippen LogP contribution is -2.35. The number of nitrogens with zero attached hydrogens (tertiary/aromatic N) is 2. The molecule has 0 N–H and O–H groups in total. The Balaban J connectivity index is 4.40. The highest BCUT2D eigenvalue weighted by Crippen LogP contribution is 2.13. The highest BCUT2D eigenvalue weighted by molar-refractivity contribution is 9.21. The number of rotatable bonds is 1. The average molecular weight is 367 g/mol. The van der Waals surface area contributed by atoms with E-state index in [0.29, 0.717) is 3.93 Å². The Hall–Kier alpha value is 0.0500. The fourth-order valence-corrected chi connectivity index (χ4v) is 1.44. The van der Waals surface area contributed by atoms with Gasteiger partial charge in [-0.05, 0) is 0 Å². The van der Waals surface area contributed by atoms with E-state index >= 15 is 0 Å². The Morgan fingerprint density at radius 1 is 1.08 bits per heavy atom. The van der Waals surface area contributed by atoms with Gasteiger partial charge < -0.3 is 0 Å². The SMILES string of the molecule is CC(=O)C(=O)N(Br)C(=O)N(Br)Br. The first-order chi connectivity index (χ1) is 5.37. The van der Waals surface area contributed by atoms with Gasteiger partial charge in [0.15, 0.2) is 0 Å². The van der Waals surface area contributed by atoms with Gasteiger partial charge in [0.05, 0.1) is 48.4 Å². The molecule has 0 spiro atoms. The number of hydrogen-bond acceptors (Lipinski definition) is 3. The molecule has 0 aliphatic rings. The van der Waals surface area contributed by atoms with E-state index in [-0.39, 0.29) is 0 Å². The highest BCUT2D eigenvalue weighted by atomic mass is 79.9. The van der Waals surface area contributed by atoms with Crippen molar-refractivity contribution in [3.05, 3.63) is 0 Å². The number of ketones is 1. The van der Waals surface area contributed by atoms with E-state index in [1.807, 2.05) is 0 Å². The maximum atomic E-state index is 10.9. The number of Topliss-reactive ketones (excluding diaryl/α,β-unsaturated/α-hetero) is 1. The first-order valence-electron chi connectivity index (χ1n) is 2.54. The van der Waals surface area contributed by atoms with Crippen molar-refractivity contribution in [3.8, 4) is 0 Å². The van der Waals surface area contributed by atoms with E-state index in [4.69, 9.17) is 0 Å². The van der Waals surface area contributed by atoms with Gasteiger partial charge in [0.1, 0.15) is 0 Å². The molecule has 0 aliphatic carbocycles. The van der Waals surface area contributed by atoms with Crippen molar-refractivity contribution in [2.24, 2.45) is 0 Å². The molecule has 0 aromatic heterocycles. The summed E-state index contributed by atoms with van der Waals surface area (Å²) in [7, 11) is 0. The predicted octanol–water partition coefficient (Wildman–Crippen LogP) is 1.76. The van der Waals surface area contributed by atoms with E-state index in [9.17, 15) is 14.4 Å². The fraction of sp³-hybridized carbons (Fsp3) is 0.250. The molecule has 8 heteroatoms. The number of urea groups is 1. The molecule has 0 aliphatic heterocycles. The van der Waals surface area contributed by atoms with Crippen molar-refractivity contribution < 1.29 is 14.4 Å². The minimum absolute atomic E-state index is 0.499. The quantitative estimate of drug-likeness (QED) is 0.525. The topological polar surface area (TPSA) is 57.7 Å². The third-order valence-corrected chi connectivity index (χ3v) is 2.02. The van der Waals surface area contributed by atoms with Gasteiger partial charge in [-0.2, -0.15) is 6.88 Å². The molecule has 0 saturated carbocycles. The third-order valence-electron chi connectivity index (χ3n) is 0.792. The first kappa shape index (κ1) is 12.0. The van der Waals surface area contributed by atoms with Crippen LogP contribution in [0, 0.1) is 0 Å². The summed E-state index contributed by atoms with van der Waals surface area (Å²) >= 11 is 8.07. The normalized spacial score (nSPS) is 9.00. The molecule has 12 heavy (non-hydrogen) atoms. The van der Waals surface area contributed by atoms with Gasteiger partial charge in [-0.15, -0.1) is 0 Å². The summed E-state index contributed by atoms with van der Waals surface area (Å²) < 4.78 is 1.30. The van der Waals surface area contributed by atoms with Crippen molar-refractivity contribution >= 4 is 66.2 Å². The molecule has 68 valence electrons. The molecule has 0 unspecified atom stereocenters. The number of amides is 3. The second-order valence-electron chi connectivity index (χ2n) is 1.66. The zero-order chi connectivity index (χ0) is 9.89. The van der Waals surface area contributed by atoms with E-state index in [1.54, 1.807) is 0 Å². The van der Waals surface area contributed by atoms with Crippen LogP contribution in [0.2, 0.25) is 0 Å². The summed E-state index contributed by atoms with van der Waals surface area (Å²) in [5.41, 5.74) is 0. The molecular formula is C4H3Br3N2O3. The molecule has 0 saturated heterocycles. The number of imide groups is 1. The Morgan fingerprint density at radius 2 is 1.50 bits per heavy atom. The predicted molar refractivity (Wildman–Crippen MR) is 51.5 cm³/mol. The minimum Gasteiger partial charge on any atom is -0.289 e. The summed E-state index contributed by atoms with van der Waals surface area (Å²) in [6, 6.07) is -0.754. The number of carbonyl (C=O) groups excluding carboxylic acids is 3. The maximum Gasteiger partial charge on any atom is 0.357 e. The van der Waals surface area contributed by atoms with Crippen LogP contribution in [-0.2, 0) is 9.59 Å². The van der Waals surface area contributed by atoms with Crippen LogP contribution < -0.4 is 0 Å². The number of carbonyl (C=O) groups is 3. The molecule has 0 radical (unpaired) electrons. The Bertz CT molecular complexity index is 230. The Kier molecular flexibility index (Phi) is 4.95. The van der Waals surface area contributed by atoms with Crippen LogP contribution in [0.3, 0.4) is 0 Å². The average Bonchev–Trinajstić information content (AvgIpc) is 2.00. The van der Waals surface area contributed by atoms with Gasteiger partial charge in [0, 0.05) is 6.92 Å². The Morgan fingerprint density at radius 3 is 1.75 bits per heavy atom. The van der Waals surface area contributed by atoms with Crippen molar-refractivity contribution in [2.75, 3.05) is 0 Å². The van der Waals surface area contributed by atoms with Gasteiger partial charge in [-0.1, -0.05) is 0 Å². The second kappa shape index (κ2) is 4.93. The number of halogens is 3. The second-order valence-corrected chi connectivity index (χ2v) is 4.74. The standard InChI is InChI=1S/C4H3Br3N2O3/c1-2(10)3(11)8(5)4(12)9(6)7/h1H3. The van der Waals surface area contributed by atoms with Crippen molar-refractivity contribution in [3.63, 3.8) is 0 Å². The molecule has 0 atom stereocenters. The van der Waals surface area contributed by atoms with Crippen molar-refractivity contribution in [2.45, 2.75) is 6.92 Å². The van der Waals surface area contributed by atoms with Crippen molar-refractivity contribution in [1.29, 1.82) is 0 Å². The summed E-state index contributed by atoms with van der Waals surface area (Å²) in [4.78, 5) is 32.2. The van der Waals surface area contributed by atoms with E-state index in [1.165, 1.54) is 0 Å². The molecule has 5 nitrogen and oxygen atoms in total. The van der Waals surface area contributed by atoms with Crippen LogP contribution in [-0.4, -0.2) is 24.6 Å². The zero-order valence-corrected chi connectivity index (χ0v) is 10.5. The molecule has 3 amide bonds. The zero-order valence-electron chi connectivity index (χ0n) is 5.75. The maximum absolute atomic E-state index is 10.9. The highest BCUT2D eigenvalue weighted by Gasteiger charge is 2.25. The van der Waals surface area contributed by atoms with Crippen LogP contribution >= 0.6 is 48.4 Å². The summed E-state index contributed by atoms with van der Waals surface area (Å²) in [6.07, 6.45) is 0. The van der Waals surface area contributed by atoms with Crippen molar-refractivity contribution in [1.82, 2.24) is 6.88 Å². The minimum atomic E-state index is -0.941. The van der Waals surface area contributed by atoms with E-state index in [0.717, 1.165) is 9.88 Å². The summed E-state index contributed by atoms with van der Waals surface area (Å²) in [5, 5.41) is 0. The van der Waals surface area contributed by atoms with E-state index < -0.39 is 17.7 Å².